The molecule has 0 aliphatic heterocycles. The van der Waals surface area contributed by atoms with Gasteiger partial charge in [0.1, 0.15) is 10.7 Å². The summed E-state index contributed by atoms with van der Waals surface area (Å²) < 4.78 is 27.3. The Balaban J connectivity index is 2.72. The molecule has 0 bridgehead atoms. The van der Waals surface area contributed by atoms with Crippen molar-refractivity contribution >= 4 is 23.0 Å². The summed E-state index contributed by atoms with van der Waals surface area (Å²) in [7, 11) is 0. The van der Waals surface area contributed by atoms with Gasteiger partial charge in [-0.1, -0.05) is 0 Å². The third kappa shape index (κ3) is 1.87. The van der Waals surface area contributed by atoms with Gasteiger partial charge in [0.05, 0.1) is 11.3 Å². The molecule has 0 unspecified atom stereocenters. The maximum absolute atomic E-state index is 13.7. The van der Waals surface area contributed by atoms with Crippen LogP contribution >= 0.6 is 11.3 Å². The first-order valence-corrected chi connectivity index (χ1v) is 5.45. The van der Waals surface area contributed by atoms with Crippen LogP contribution in [0.15, 0.2) is 23.6 Å². The minimum absolute atomic E-state index is 0.00444. The monoisotopic (exact) mass is 255 g/mol. The molecule has 0 aliphatic carbocycles. The molecule has 17 heavy (non-hydrogen) atoms. The molecule has 2 rings (SSSR count). The number of carbonyl (C=O) groups is 1. The zero-order valence-corrected chi connectivity index (χ0v) is 9.22. The number of benzene rings is 1. The van der Waals surface area contributed by atoms with Gasteiger partial charge in [0, 0.05) is 5.56 Å². The number of nitrogen functional groups attached to an aromatic ring is 1. The van der Waals surface area contributed by atoms with E-state index in [-0.39, 0.29) is 16.1 Å². The van der Waals surface area contributed by atoms with Crippen LogP contribution in [0.1, 0.15) is 9.67 Å². The van der Waals surface area contributed by atoms with Crippen molar-refractivity contribution in [3.63, 3.8) is 0 Å². The van der Waals surface area contributed by atoms with E-state index in [1.807, 2.05) is 0 Å². The second-order valence-corrected chi connectivity index (χ2v) is 4.21. The van der Waals surface area contributed by atoms with E-state index < -0.39 is 23.2 Å². The number of hydrogen-bond acceptors (Lipinski definition) is 3. The van der Waals surface area contributed by atoms with E-state index in [1.165, 1.54) is 11.4 Å². The number of nitrogens with two attached hydrogens (primary N) is 1. The first-order valence-electron chi connectivity index (χ1n) is 4.57. The van der Waals surface area contributed by atoms with E-state index in [0.29, 0.717) is 0 Å². The predicted octanol–water partition coefficient (Wildman–Crippen LogP) is 2.97. The molecule has 0 spiro atoms. The Morgan fingerprint density at radius 1 is 1.29 bits per heavy atom. The Hall–Kier alpha value is -1.95. The number of aromatic carboxylic acids is 1. The summed E-state index contributed by atoms with van der Waals surface area (Å²) in [6.45, 7) is 0. The highest BCUT2D eigenvalue weighted by Gasteiger charge is 2.21. The summed E-state index contributed by atoms with van der Waals surface area (Å²) in [5.74, 6) is -3.00. The molecule has 0 saturated carbocycles. The van der Waals surface area contributed by atoms with Crippen molar-refractivity contribution in [3.8, 4) is 11.1 Å². The quantitative estimate of drug-likeness (QED) is 0.811. The molecule has 88 valence electrons. The summed E-state index contributed by atoms with van der Waals surface area (Å²) in [5, 5.41) is 10.4. The van der Waals surface area contributed by atoms with Crippen molar-refractivity contribution in [2.75, 3.05) is 5.73 Å². The largest absolute Gasteiger partial charge is 0.477 e. The minimum atomic E-state index is -1.23. The third-order valence-corrected chi connectivity index (χ3v) is 3.15. The van der Waals surface area contributed by atoms with Crippen molar-refractivity contribution in [3.05, 3.63) is 40.1 Å². The van der Waals surface area contributed by atoms with E-state index >= 15 is 0 Å². The zero-order chi connectivity index (χ0) is 12.6. The van der Waals surface area contributed by atoms with Gasteiger partial charge in [0.2, 0.25) is 0 Å². The second kappa shape index (κ2) is 4.14. The van der Waals surface area contributed by atoms with E-state index in [1.54, 1.807) is 0 Å². The molecular weight excluding hydrogens is 248 g/mol. The van der Waals surface area contributed by atoms with Crippen LogP contribution in [0.4, 0.5) is 14.5 Å². The molecular formula is C11H7F2NO2S. The summed E-state index contributed by atoms with van der Waals surface area (Å²) >= 11 is 0.902. The summed E-state index contributed by atoms with van der Waals surface area (Å²) in [5.41, 5.74) is 4.72. The van der Waals surface area contributed by atoms with Gasteiger partial charge in [0.25, 0.3) is 0 Å². The number of halogens is 2. The summed E-state index contributed by atoms with van der Waals surface area (Å²) in [6.07, 6.45) is 0. The lowest BCUT2D eigenvalue weighted by molar-refractivity contribution is 0.0703. The zero-order valence-electron chi connectivity index (χ0n) is 8.41. The van der Waals surface area contributed by atoms with E-state index in [0.717, 1.165) is 23.5 Å². The van der Waals surface area contributed by atoms with E-state index in [4.69, 9.17) is 10.8 Å². The van der Waals surface area contributed by atoms with Crippen molar-refractivity contribution in [1.82, 2.24) is 0 Å². The molecule has 3 nitrogen and oxygen atoms in total. The van der Waals surface area contributed by atoms with Gasteiger partial charge in [-0.3, -0.25) is 0 Å². The summed E-state index contributed by atoms with van der Waals surface area (Å²) in [4.78, 5) is 10.8. The van der Waals surface area contributed by atoms with Crippen LogP contribution in [0.25, 0.3) is 11.1 Å². The maximum atomic E-state index is 13.7. The molecule has 0 fully saturated rings. The molecule has 0 saturated heterocycles. The number of carboxylic acid groups (broad SMARTS) is 1. The van der Waals surface area contributed by atoms with Gasteiger partial charge in [-0.2, -0.15) is 0 Å². The third-order valence-electron chi connectivity index (χ3n) is 2.25. The van der Waals surface area contributed by atoms with Crippen LogP contribution < -0.4 is 5.73 Å². The van der Waals surface area contributed by atoms with E-state index in [9.17, 15) is 13.6 Å². The van der Waals surface area contributed by atoms with Gasteiger partial charge in [0.15, 0.2) is 5.82 Å². The Labute approximate surface area is 99.1 Å². The Kier molecular flexibility index (Phi) is 2.81. The molecule has 1 heterocycles. The standard InChI is InChI=1S/C11H7F2NO2S/c12-6-1-2-7(14)9(13)8(6)5-3-4-17-10(5)11(15)16/h1-4H,14H2,(H,15,16). The molecule has 6 heteroatoms. The SMILES string of the molecule is Nc1ccc(F)c(-c2ccsc2C(=O)O)c1F. The van der Waals surface area contributed by atoms with Crippen molar-refractivity contribution in [1.29, 1.82) is 0 Å². The molecule has 2 aromatic rings. The highest BCUT2D eigenvalue weighted by Crippen LogP contribution is 2.34. The van der Waals surface area contributed by atoms with E-state index in [2.05, 4.69) is 0 Å². The Morgan fingerprint density at radius 2 is 2.00 bits per heavy atom. The molecule has 0 amide bonds. The molecule has 3 N–H and O–H groups in total. The fourth-order valence-corrected chi connectivity index (χ4v) is 2.23. The highest BCUT2D eigenvalue weighted by molar-refractivity contribution is 7.12. The average Bonchev–Trinajstić information content (AvgIpc) is 2.73. The Bertz CT molecular complexity index is 595. The van der Waals surface area contributed by atoms with Crippen molar-refractivity contribution in [2.24, 2.45) is 0 Å². The van der Waals surface area contributed by atoms with Gasteiger partial charge in [-0.05, 0) is 23.6 Å². The fraction of sp³-hybridized carbons (Fsp3) is 0. The van der Waals surface area contributed by atoms with Crippen LogP contribution in [0.3, 0.4) is 0 Å². The topological polar surface area (TPSA) is 63.3 Å². The predicted molar refractivity (Wildman–Crippen MR) is 61.0 cm³/mol. The van der Waals surface area contributed by atoms with Crippen LogP contribution in [0.2, 0.25) is 0 Å². The average molecular weight is 255 g/mol. The number of rotatable bonds is 2. The number of anilines is 1. The smallest absolute Gasteiger partial charge is 0.346 e. The van der Waals surface area contributed by atoms with Crippen molar-refractivity contribution < 1.29 is 18.7 Å². The molecule has 0 aliphatic rings. The minimum Gasteiger partial charge on any atom is -0.477 e. The first-order chi connectivity index (χ1) is 8.02. The first kappa shape index (κ1) is 11.5. The van der Waals surface area contributed by atoms with Gasteiger partial charge in [-0.25, -0.2) is 13.6 Å². The number of carboxylic acids is 1. The summed E-state index contributed by atoms with van der Waals surface area (Å²) in [6, 6.07) is 3.47. The van der Waals surface area contributed by atoms with Gasteiger partial charge >= 0.3 is 5.97 Å². The fourth-order valence-electron chi connectivity index (χ4n) is 1.49. The lowest BCUT2D eigenvalue weighted by Gasteiger charge is -2.06. The van der Waals surface area contributed by atoms with Crippen LogP contribution in [0, 0.1) is 11.6 Å². The van der Waals surface area contributed by atoms with Crippen LogP contribution in [-0.2, 0) is 0 Å². The number of thiophene rings is 1. The second-order valence-electron chi connectivity index (χ2n) is 3.29. The number of hydrogen-bond donors (Lipinski definition) is 2. The molecule has 0 atom stereocenters. The van der Waals surface area contributed by atoms with Gasteiger partial charge in [-0.15, -0.1) is 11.3 Å². The Morgan fingerprint density at radius 3 is 2.65 bits per heavy atom. The highest BCUT2D eigenvalue weighted by atomic mass is 32.1. The molecule has 0 radical (unpaired) electrons. The van der Waals surface area contributed by atoms with Crippen LogP contribution in [0.5, 0.6) is 0 Å². The van der Waals surface area contributed by atoms with Crippen LogP contribution in [-0.4, -0.2) is 11.1 Å². The lowest BCUT2D eigenvalue weighted by Crippen LogP contribution is -2.00. The maximum Gasteiger partial charge on any atom is 0.346 e. The lowest BCUT2D eigenvalue weighted by atomic mass is 10.0. The van der Waals surface area contributed by atoms with Crippen molar-refractivity contribution in [2.45, 2.75) is 0 Å². The molecule has 1 aromatic carbocycles. The molecule has 1 aromatic heterocycles. The van der Waals surface area contributed by atoms with Gasteiger partial charge < -0.3 is 10.8 Å². The normalized spacial score (nSPS) is 10.5.